The average Bonchev–Trinajstić information content (AvgIpc) is 4.49. The van der Waals surface area contributed by atoms with E-state index in [1.807, 2.05) is 121 Å². The third-order valence-corrected chi connectivity index (χ3v) is 16.1. The Kier molecular flexibility index (Phi) is 11.1. The molecule has 4 amide bonds. The Balaban J connectivity index is 0.000000146. The molecule has 11 aromatic rings. The number of fused-ring (bicyclic) bond motifs is 12. The summed E-state index contributed by atoms with van der Waals surface area (Å²) in [6.45, 7) is 0. The molecule has 378 valence electrons. The van der Waals surface area contributed by atoms with Crippen LogP contribution in [0.3, 0.4) is 0 Å². The molecule has 6 N–H and O–H groups in total. The third-order valence-electron chi connectivity index (χ3n) is 15.8. The van der Waals surface area contributed by atoms with E-state index in [2.05, 4.69) is 101 Å². The first kappa shape index (κ1) is 46.2. The maximum atomic E-state index is 13.3. The summed E-state index contributed by atoms with van der Waals surface area (Å²) in [5, 5.41) is 18.1. The summed E-state index contributed by atoms with van der Waals surface area (Å²) in [4.78, 5) is 59.8. The molecule has 2 aliphatic carbocycles. The first-order chi connectivity index (χ1) is 37.8. The molecule has 2 aliphatic heterocycles. The highest BCUT2D eigenvalue weighted by atomic mass is 35.5. The van der Waals surface area contributed by atoms with E-state index >= 15 is 0 Å². The Bertz CT molecular complexity index is 4380. The van der Waals surface area contributed by atoms with Gasteiger partial charge in [-0.05, 0) is 74.2 Å². The Morgan fingerprint density at radius 2 is 0.974 bits per heavy atom. The molecular formula is C64H51ClN8O4. The second-order valence-electron chi connectivity index (χ2n) is 20.2. The summed E-state index contributed by atoms with van der Waals surface area (Å²) >= 11 is 7.17. The number of aromatic amines is 2. The Labute approximate surface area is 447 Å². The average molecular weight is 1030 g/mol. The molecule has 12 nitrogen and oxygen atoms in total. The number of anilines is 2. The van der Waals surface area contributed by atoms with Gasteiger partial charge in [0, 0.05) is 91.1 Å². The largest absolute Gasteiger partial charge is 0.379 e. The molecule has 4 aliphatic rings. The molecule has 0 radical (unpaired) electrons. The number of rotatable bonds is 8. The van der Waals surface area contributed by atoms with Crippen molar-refractivity contribution in [1.29, 1.82) is 0 Å². The molecule has 0 saturated carbocycles. The first-order valence-corrected chi connectivity index (χ1v) is 26.5. The van der Waals surface area contributed by atoms with Crippen LogP contribution in [0.2, 0.25) is 5.15 Å². The van der Waals surface area contributed by atoms with Crippen molar-refractivity contribution < 1.29 is 20.6 Å². The standard InChI is InChI=1S/C32H25ClN4O2.C32H24N4O2.H2/c33-30-27(29-28(31(38)36-32(29)39)24-18-34-25-12-6-4-10-22(24)25)23-11-5-7-13-26(23)37(30)21-16-14-20(15-17-21)35-19-8-2-1-3-9-19;37-31-27-25-21-10-4-6-12-23(21)34-29(25)30-26(28(27)32(38)35-31)22-11-5-7-13-24(22)36(30)20-16-14-19(15-17-20)33-18-8-2-1-3-9-18;/h1-14,16,18,20-21,34-35H,15,17H2,(H,36,38,39);1-14,16,19-20,33-34H,15,17H2,(H,35,37,38);1H/t20-,21?;19-,20?;/m00./s1/i;;1+1. The van der Waals surface area contributed by atoms with Gasteiger partial charge in [-0.2, -0.15) is 0 Å². The fraction of sp³-hybridized carbons (Fsp3) is 0.125. The Morgan fingerprint density at radius 1 is 0.468 bits per heavy atom. The van der Waals surface area contributed by atoms with Gasteiger partial charge < -0.3 is 29.7 Å². The van der Waals surface area contributed by atoms with Crippen molar-refractivity contribution in [3.05, 3.63) is 216 Å². The fourth-order valence-corrected chi connectivity index (χ4v) is 12.8. The van der Waals surface area contributed by atoms with E-state index in [-0.39, 0.29) is 37.4 Å². The van der Waals surface area contributed by atoms with Crippen molar-refractivity contribution in [3.8, 4) is 0 Å². The lowest BCUT2D eigenvalue weighted by atomic mass is 9.95. The van der Waals surface area contributed by atoms with Crippen LogP contribution in [0, 0.1) is 0 Å². The number of aromatic nitrogens is 4. The van der Waals surface area contributed by atoms with E-state index in [1.54, 1.807) is 6.20 Å². The molecule has 4 atom stereocenters. The zero-order valence-corrected chi connectivity index (χ0v) is 42.2. The third kappa shape index (κ3) is 7.57. The molecule has 0 bridgehead atoms. The highest BCUT2D eigenvalue weighted by Crippen LogP contribution is 2.47. The molecule has 0 fully saturated rings. The topological polar surface area (TPSA) is 158 Å². The van der Waals surface area contributed by atoms with Crippen LogP contribution in [-0.4, -0.2) is 54.8 Å². The number of hydrogen-bond acceptors (Lipinski definition) is 6. The second kappa shape index (κ2) is 18.5. The minimum atomic E-state index is -0.434. The summed E-state index contributed by atoms with van der Waals surface area (Å²) in [5.74, 6) is -1.50. The molecule has 13 heteroatoms. The number of nitrogens with one attached hydrogen (secondary N) is 6. The predicted molar refractivity (Wildman–Crippen MR) is 310 cm³/mol. The van der Waals surface area contributed by atoms with Gasteiger partial charge in [0.15, 0.2) is 0 Å². The van der Waals surface area contributed by atoms with Gasteiger partial charge in [0.2, 0.25) is 0 Å². The smallest absolute Gasteiger partial charge is 0.259 e. The highest BCUT2D eigenvalue weighted by Gasteiger charge is 2.39. The number of hydrogen-bond donors (Lipinski definition) is 6. The van der Waals surface area contributed by atoms with Crippen molar-refractivity contribution in [2.45, 2.75) is 49.9 Å². The molecule has 0 spiro atoms. The summed E-state index contributed by atoms with van der Waals surface area (Å²) in [6.07, 6.45) is 14.4. The molecule has 7 aromatic carbocycles. The zero-order valence-electron chi connectivity index (χ0n) is 41.4. The van der Waals surface area contributed by atoms with Crippen molar-refractivity contribution in [2.75, 3.05) is 10.6 Å². The van der Waals surface area contributed by atoms with Crippen molar-refractivity contribution in [2.24, 2.45) is 0 Å². The number of carbonyl (C=O) groups excluding carboxylic acids is 4. The number of amides is 4. The lowest BCUT2D eigenvalue weighted by Crippen LogP contribution is -2.23. The van der Waals surface area contributed by atoms with Gasteiger partial charge in [0.25, 0.3) is 23.6 Å². The molecule has 77 heavy (non-hydrogen) atoms. The minimum Gasteiger partial charge on any atom is -0.379 e. The van der Waals surface area contributed by atoms with Crippen LogP contribution in [0.25, 0.3) is 76.6 Å². The minimum absolute atomic E-state index is 0. The number of benzene rings is 7. The van der Waals surface area contributed by atoms with Gasteiger partial charge in [-0.1, -0.05) is 145 Å². The van der Waals surface area contributed by atoms with E-state index in [4.69, 9.17) is 11.6 Å². The van der Waals surface area contributed by atoms with Crippen LogP contribution in [0.1, 0.15) is 71.0 Å². The molecular weight excluding hydrogens is 980 g/mol. The first-order valence-electron chi connectivity index (χ1n) is 26.1. The lowest BCUT2D eigenvalue weighted by Gasteiger charge is -2.27. The number of allylic oxidation sites excluding steroid dienone is 2. The van der Waals surface area contributed by atoms with Gasteiger partial charge >= 0.3 is 0 Å². The SMILES string of the molecule is O=C1NC(=O)C(c2c(Cl)n(C3C=C[C@H](Nc4ccccc4)CC3)c3ccccc23)=C1c1c[nH]c2ccccc12.O=C1NC(=O)c2c1c1c3ccccc3[nH]c1c1c2c2ccccc2n1C1C=C[C@H](Nc2ccccc2)CC1.[2HH]. The van der Waals surface area contributed by atoms with Gasteiger partial charge in [-0.15, -0.1) is 0 Å². The number of para-hydroxylation sites is 6. The summed E-state index contributed by atoms with van der Waals surface area (Å²) in [6, 6.07) is 52.9. The maximum absolute atomic E-state index is 13.3. The van der Waals surface area contributed by atoms with E-state index in [9.17, 15) is 19.2 Å². The van der Waals surface area contributed by atoms with Gasteiger partial charge in [-0.25, -0.2) is 0 Å². The molecule has 6 heterocycles. The van der Waals surface area contributed by atoms with Crippen LogP contribution >= 0.6 is 11.6 Å². The Morgan fingerprint density at radius 3 is 1.61 bits per heavy atom. The van der Waals surface area contributed by atoms with E-state index < -0.39 is 11.8 Å². The summed E-state index contributed by atoms with van der Waals surface area (Å²) in [7, 11) is 0. The van der Waals surface area contributed by atoms with Crippen molar-refractivity contribution in [3.63, 3.8) is 0 Å². The lowest BCUT2D eigenvalue weighted by molar-refractivity contribution is -0.122. The number of H-pyrrole nitrogens is 2. The van der Waals surface area contributed by atoms with Crippen LogP contribution in [0.15, 0.2) is 188 Å². The Hall–Kier alpha value is -9.39. The van der Waals surface area contributed by atoms with Crippen LogP contribution in [0.5, 0.6) is 0 Å². The van der Waals surface area contributed by atoms with E-state index in [0.29, 0.717) is 38.6 Å². The highest BCUT2D eigenvalue weighted by molar-refractivity contribution is 6.52. The van der Waals surface area contributed by atoms with Crippen molar-refractivity contribution >= 4 is 123 Å². The number of halogens is 1. The quantitative estimate of drug-likeness (QED) is 0.0657. The normalized spacial score (nSPS) is 19.2. The number of carbonyl (C=O) groups is 4. The molecule has 0 saturated heterocycles. The predicted octanol–water partition coefficient (Wildman–Crippen LogP) is 13.6. The van der Waals surface area contributed by atoms with Gasteiger partial charge in [0.05, 0.1) is 50.9 Å². The molecule has 2 unspecified atom stereocenters. The molecule has 15 rings (SSSR count). The van der Waals surface area contributed by atoms with Crippen LogP contribution in [0.4, 0.5) is 11.4 Å². The van der Waals surface area contributed by atoms with E-state index in [1.165, 1.54) is 0 Å². The summed E-state index contributed by atoms with van der Waals surface area (Å²) in [5.41, 5.74) is 10.8. The fourth-order valence-electron chi connectivity index (χ4n) is 12.4. The number of nitrogens with zero attached hydrogens (tertiary/aromatic N) is 2. The zero-order chi connectivity index (χ0) is 51.9. The van der Waals surface area contributed by atoms with Gasteiger partial charge in [-0.3, -0.25) is 29.8 Å². The molecule has 4 aromatic heterocycles. The van der Waals surface area contributed by atoms with Crippen molar-refractivity contribution in [1.82, 2.24) is 29.7 Å². The van der Waals surface area contributed by atoms with Crippen LogP contribution in [-0.2, 0) is 9.59 Å². The van der Waals surface area contributed by atoms with E-state index in [0.717, 1.165) is 102 Å². The summed E-state index contributed by atoms with van der Waals surface area (Å²) < 4.78 is 4.46. The van der Waals surface area contributed by atoms with Gasteiger partial charge in [0.1, 0.15) is 5.15 Å². The number of imide groups is 2. The van der Waals surface area contributed by atoms with Crippen LogP contribution < -0.4 is 21.3 Å². The monoisotopic (exact) mass is 1030 g/mol. The second-order valence-corrected chi connectivity index (χ2v) is 20.5. The maximum Gasteiger partial charge on any atom is 0.259 e.